The molecule has 1 saturated heterocycles. The van der Waals surface area contributed by atoms with Crippen LogP contribution in [0, 0.1) is 5.41 Å². The van der Waals surface area contributed by atoms with Crippen molar-refractivity contribution in [2.75, 3.05) is 20.2 Å². The lowest BCUT2D eigenvalue weighted by Crippen LogP contribution is -2.71. The first-order chi connectivity index (χ1) is 8.90. The smallest absolute Gasteiger partial charge is 0.0652 e. The lowest BCUT2D eigenvalue weighted by molar-refractivity contribution is -0.156. The van der Waals surface area contributed by atoms with Crippen molar-refractivity contribution in [3.8, 4) is 0 Å². The summed E-state index contributed by atoms with van der Waals surface area (Å²) in [6.07, 6.45) is 4.05. The molecule has 3 heteroatoms. The molecule has 2 fully saturated rings. The molecule has 3 unspecified atom stereocenters. The average molecular weight is 268 g/mol. The summed E-state index contributed by atoms with van der Waals surface area (Å²) in [5.74, 6) is 0. The highest BCUT2D eigenvalue weighted by atomic mass is 16.5. The SMILES string of the molecule is CCC1(CC)CN(C2CC(OC)C2(C)C)C(C)CN1. The third-order valence-electron chi connectivity index (χ3n) is 5.99. The fraction of sp³-hybridized carbons (Fsp3) is 1.00. The molecule has 3 atom stereocenters. The molecule has 0 radical (unpaired) electrons. The maximum Gasteiger partial charge on any atom is 0.0652 e. The van der Waals surface area contributed by atoms with Crippen molar-refractivity contribution in [3.63, 3.8) is 0 Å². The van der Waals surface area contributed by atoms with Crippen LogP contribution in [0.3, 0.4) is 0 Å². The Labute approximate surface area is 119 Å². The zero-order chi connectivity index (χ0) is 14.3. The molecule has 2 rings (SSSR count). The van der Waals surface area contributed by atoms with E-state index in [1.807, 2.05) is 7.11 Å². The lowest BCUT2D eigenvalue weighted by atomic mass is 9.63. The van der Waals surface area contributed by atoms with Gasteiger partial charge in [0, 0.05) is 43.2 Å². The molecule has 0 aromatic heterocycles. The number of hydrogen-bond acceptors (Lipinski definition) is 3. The van der Waals surface area contributed by atoms with Crippen LogP contribution in [-0.2, 0) is 4.74 Å². The summed E-state index contributed by atoms with van der Waals surface area (Å²) < 4.78 is 5.62. The van der Waals surface area contributed by atoms with Crippen molar-refractivity contribution in [3.05, 3.63) is 0 Å². The van der Waals surface area contributed by atoms with Crippen LogP contribution in [0.1, 0.15) is 53.9 Å². The van der Waals surface area contributed by atoms with Gasteiger partial charge in [0.2, 0.25) is 0 Å². The van der Waals surface area contributed by atoms with Crippen molar-refractivity contribution in [2.24, 2.45) is 5.41 Å². The van der Waals surface area contributed by atoms with Gasteiger partial charge in [0.15, 0.2) is 0 Å². The van der Waals surface area contributed by atoms with E-state index in [4.69, 9.17) is 4.74 Å². The molecule has 1 N–H and O–H groups in total. The van der Waals surface area contributed by atoms with Crippen molar-refractivity contribution in [2.45, 2.75) is 77.6 Å². The Morgan fingerprint density at radius 1 is 1.26 bits per heavy atom. The Bertz CT molecular complexity index is 312. The van der Waals surface area contributed by atoms with Gasteiger partial charge in [-0.3, -0.25) is 4.90 Å². The number of hydrogen-bond donors (Lipinski definition) is 1. The zero-order valence-electron chi connectivity index (χ0n) is 13.6. The maximum absolute atomic E-state index is 5.62. The predicted molar refractivity (Wildman–Crippen MR) is 80.5 cm³/mol. The molecule has 0 aromatic rings. The largest absolute Gasteiger partial charge is 0.381 e. The van der Waals surface area contributed by atoms with Gasteiger partial charge < -0.3 is 10.1 Å². The van der Waals surface area contributed by atoms with Gasteiger partial charge >= 0.3 is 0 Å². The van der Waals surface area contributed by atoms with E-state index >= 15 is 0 Å². The first-order valence-electron chi connectivity index (χ1n) is 7.93. The third kappa shape index (κ3) is 2.45. The van der Waals surface area contributed by atoms with E-state index in [1.54, 1.807) is 0 Å². The van der Waals surface area contributed by atoms with Gasteiger partial charge in [-0.1, -0.05) is 27.7 Å². The third-order valence-corrected chi connectivity index (χ3v) is 5.99. The van der Waals surface area contributed by atoms with Gasteiger partial charge in [-0.2, -0.15) is 0 Å². The molecule has 3 nitrogen and oxygen atoms in total. The molecule has 0 spiro atoms. The van der Waals surface area contributed by atoms with Gasteiger partial charge in [-0.05, 0) is 26.2 Å². The molecule has 19 heavy (non-hydrogen) atoms. The van der Waals surface area contributed by atoms with Crippen molar-refractivity contribution in [1.82, 2.24) is 10.2 Å². The summed E-state index contributed by atoms with van der Waals surface area (Å²) in [5, 5.41) is 3.79. The van der Waals surface area contributed by atoms with Crippen LogP contribution in [0.5, 0.6) is 0 Å². The Morgan fingerprint density at radius 3 is 2.37 bits per heavy atom. The first kappa shape index (κ1) is 15.3. The number of piperazine rings is 1. The van der Waals surface area contributed by atoms with Gasteiger partial charge in [0.25, 0.3) is 0 Å². The zero-order valence-corrected chi connectivity index (χ0v) is 13.6. The molecule has 1 aliphatic heterocycles. The molecule has 0 aromatic carbocycles. The van der Waals surface area contributed by atoms with E-state index in [0.29, 0.717) is 23.7 Å². The van der Waals surface area contributed by atoms with E-state index in [0.717, 1.165) is 6.54 Å². The highest BCUT2D eigenvalue weighted by molar-refractivity contribution is 5.08. The Morgan fingerprint density at radius 2 is 1.89 bits per heavy atom. The number of nitrogens with one attached hydrogen (secondary N) is 1. The summed E-state index contributed by atoms with van der Waals surface area (Å²) in [6, 6.07) is 1.31. The van der Waals surface area contributed by atoms with E-state index in [1.165, 1.54) is 25.8 Å². The van der Waals surface area contributed by atoms with Crippen LogP contribution < -0.4 is 5.32 Å². The molecular formula is C16H32N2O. The highest BCUT2D eigenvalue weighted by Gasteiger charge is 2.53. The lowest BCUT2D eigenvalue weighted by Gasteiger charge is -2.60. The fourth-order valence-corrected chi connectivity index (χ4v) is 4.01. The van der Waals surface area contributed by atoms with E-state index in [2.05, 4.69) is 44.8 Å². The normalized spacial score (nSPS) is 37.9. The van der Waals surface area contributed by atoms with Crippen LogP contribution in [0.2, 0.25) is 0 Å². The van der Waals surface area contributed by atoms with Crippen molar-refractivity contribution >= 4 is 0 Å². The van der Waals surface area contributed by atoms with Gasteiger partial charge in [-0.15, -0.1) is 0 Å². The number of methoxy groups -OCH3 is 1. The summed E-state index contributed by atoms with van der Waals surface area (Å²) in [4.78, 5) is 2.75. The maximum atomic E-state index is 5.62. The average Bonchev–Trinajstić information content (AvgIpc) is 2.40. The van der Waals surface area contributed by atoms with Crippen LogP contribution in [0.4, 0.5) is 0 Å². The van der Waals surface area contributed by atoms with Gasteiger partial charge in [-0.25, -0.2) is 0 Å². The molecule has 1 saturated carbocycles. The van der Waals surface area contributed by atoms with Crippen LogP contribution in [0.25, 0.3) is 0 Å². The van der Waals surface area contributed by atoms with Crippen LogP contribution in [-0.4, -0.2) is 48.8 Å². The molecule has 1 heterocycles. The monoisotopic (exact) mass is 268 g/mol. The van der Waals surface area contributed by atoms with Crippen molar-refractivity contribution in [1.29, 1.82) is 0 Å². The Kier molecular flexibility index (Phi) is 4.29. The van der Waals surface area contributed by atoms with Crippen LogP contribution >= 0.6 is 0 Å². The minimum Gasteiger partial charge on any atom is -0.381 e. The second-order valence-electron chi connectivity index (χ2n) is 7.19. The molecule has 2 aliphatic rings. The summed E-state index contributed by atoms with van der Waals surface area (Å²) >= 11 is 0. The van der Waals surface area contributed by atoms with E-state index < -0.39 is 0 Å². The minimum absolute atomic E-state index is 0.285. The Balaban J connectivity index is 2.11. The number of rotatable bonds is 4. The fourth-order valence-electron chi connectivity index (χ4n) is 4.01. The summed E-state index contributed by atoms with van der Waals surface area (Å²) in [7, 11) is 1.85. The van der Waals surface area contributed by atoms with E-state index in [-0.39, 0.29) is 5.41 Å². The van der Waals surface area contributed by atoms with Gasteiger partial charge in [0.05, 0.1) is 6.10 Å². The second-order valence-corrected chi connectivity index (χ2v) is 7.19. The number of nitrogens with zero attached hydrogens (tertiary/aromatic N) is 1. The first-order valence-corrected chi connectivity index (χ1v) is 7.93. The number of ether oxygens (including phenoxy) is 1. The van der Waals surface area contributed by atoms with Crippen LogP contribution in [0.15, 0.2) is 0 Å². The van der Waals surface area contributed by atoms with Crippen molar-refractivity contribution < 1.29 is 4.74 Å². The van der Waals surface area contributed by atoms with Gasteiger partial charge in [0.1, 0.15) is 0 Å². The molecule has 0 bridgehead atoms. The Hall–Kier alpha value is -0.120. The standard InChI is InChI=1S/C16H32N2O/c1-7-16(8-2)11-18(12(3)10-17-16)13-9-14(19-6)15(13,4)5/h12-14,17H,7-11H2,1-6H3. The summed E-state index contributed by atoms with van der Waals surface area (Å²) in [6.45, 7) is 14.0. The predicted octanol–water partition coefficient (Wildman–Crippen LogP) is 2.65. The molecule has 112 valence electrons. The second kappa shape index (κ2) is 5.34. The highest BCUT2D eigenvalue weighted by Crippen LogP contribution is 2.47. The molecule has 1 aliphatic carbocycles. The molecule has 0 amide bonds. The quantitative estimate of drug-likeness (QED) is 0.848. The minimum atomic E-state index is 0.285. The van der Waals surface area contributed by atoms with E-state index in [9.17, 15) is 0 Å². The summed E-state index contributed by atoms with van der Waals surface area (Å²) in [5.41, 5.74) is 0.605. The molecular weight excluding hydrogens is 236 g/mol. The topological polar surface area (TPSA) is 24.5 Å².